The highest BCUT2D eigenvalue weighted by molar-refractivity contribution is 8.00. The zero-order valence-electron chi connectivity index (χ0n) is 27.2. The molecule has 1 fully saturated rings. The Morgan fingerprint density at radius 2 is 1.80 bits per heavy atom. The molecule has 2 atom stereocenters. The first-order chi connectivity index (χ1) is 24.3. The molecular weight excluding hydrogens is 694 g/mol. The second kappa shape index (κ2) is 14.6. The Labute approximate surface area is 302 Å². The van der Waals surface area contributed by atoms with Crippen LogP contribution in [0.2, 0.25) is 5.02 Å². The molecule has 0 saturated carbocycles. The zero-order chi connectivity index (χ0) is 34.8. The summed E-state index contributed by atoms with van der Waals surface area (Å²) < 4.78 is 18.6. The Morgan fingerprint density at radius 1 is 1.00 bits per heavy atom. The predicted octanol–water partition coefficient (Wildman–Crippen LogP) is 8.41. The van der Waals surface area contributed by atoms with Gasteiger partial charge < -0.3 is 19.3 Å². The third-order valence-corrected chi connectivity index (χ3v) is 10.8. The Bertz CT molecular complexity index is 2100. The van der Waals surface area contributed by atoms with Crippen molar-refractivity contribution in [3.8, 4) is 17.2 Å². The fraction of sp³-hybridized carbons (Fsp3) is 0.211. The monoisotopic (exact) mass is 725 g/mol. The quantitative estimate of drug-likeness (QED) is 0.0472. The Hall–Kier alpha value is -4.84. The fourth-order valence-corrected chi connectivity index (χ4v) is 8.15. The number of aliphatic hydroxyl groups is 1. The van der Waals surface area contributed by atoms with Gasteiger partial charge in [-0.25, -0.2) is 0 Å². The number of carbonyl (C=O) groups is 2. The van der Waals surface area contributed by atoms with Crippen LogP contribution in [-0.4, -0.2) is 39.7 Å². The van der Waals surface area contributed by atoms with E-state index in [1.807, 2.05) is 68.4 Å². The van der Waals surface area contributed by atoms with Gasteiger partial charge in [0.05, 0.1) is 18.2 Å². The molecule has 1 aromatic heterocycles. The number of aliphatic hydroxyl groups excluding tert-OH is 1. The Morgan fingerprint density at radius 3 is 2.60 bits per heavy atom. The summed E-state index contributed by atoms with van der Waals surface area (Å²) in [7, 11) is 0. The number of fused-ring (bicyclic) bond motifs is 1. The number of rotatable bonds is 11. The van der Waals surface area contributed by atoms with E-state index in [0.29, 0.717) is 57.4 Å². The van der Waals surface area contributed by atoms with Crippen LogP contribution in [0.4, 0.5) is 5.13 Å². The second-order valence-corrected chi connectivity index (χ2v) is 14.4. The summed E-state index contributed by atoms with van der Waals surface area (Å²) in [6, 6.07) is 26.8. The molecule has 2 unspecified atom stereocenters. The number of anilines is 1. The van der Waals surface area contributed by atoms with Gasteiger partial charge in [0, 0.05) is 22.8 Å². The number of aromatic nitrogens is 2. The zero-order valence-corrected chi connectivity index (χ0v) is 29.6. The standard InChI is InChI=1S/C38H32ClN3O6S2/c1-3-46-31-19-24(13-16-30(31)47-20-23-9-5-4-6-10-23)33-32(34(43)25-14-15-29-27(18-25)17-22(2)48-29)35(44)36(45)42(33)37-40-41-38(50-37)49-21-26-11-7-8-12-28(26)39/h4-16,18-19,22,33,43H,3,17,20-21H2,1-2H3/b34-32+. The lowest BCUT2D eigenvalue weighted by molar-refractivity contribution is -0.132. The van der Waals surface area contributed by atoms with Crippen LogP contribution >= 0.6 is 34.7 Å². The molecule has 0 aliphatic carbocycles. The number of carbonyl (C=O) groups excluding carboxylic acids is 2. The molecule has 4 aromatic carbocycles. The van der Waals surface area contributed by atoms with Crippen LogP contribution in [0.25, 0.3) is 5.76 Å². The van der Waals surface area contributed by atoms with Crippen molar-refractivity contribution < 1.29 is 28.9 Å². The number of Topliss-reactive ketones (excluding diaryl/α,β-unsaturated/α-hetero) is 1. The van der Waals surface area contributed by atoms with Gasteiger partial charge in [0.2, 0.25) is 5.13 Å². The van der Waals surface area contributed by atoms with E-state index in [4.69, 9.17) is 25.8 Å². The maximum Gasteiger partial charge on any atom is 0.301 e. The molecule has 2 aliphatic heterocycles. The summed E-state index contributed by atoms with van der Waals surface area (Å²) in [4.78, 5) is 29.1. The van der Waals surface area contributed by atoms with E-state index in [9.17, 15) is 14.7 Å². The van der Waals surface area contributed by atoms with E-state index in [1.54, 1.807) is 36.4 Å². The van der Waals surface area contributed by atoms with Crippen molar-refractivity contribution in [2.45, 2.75) is 49.1 Å². The topological polar surface area (TPSA) is 111 Å². The number of nitrogens with zero attached hydrogens (tertiary/aromatic N) is 3. The number of thioether (sulfide) groups is 1. The molecule has 0 spiro atoms. The van der Waals surface area contributed by atoms with E-state index in [1.165, 1.54) is 28.0 Å². The van der Waals surface area contributed by atoms with Crippen LogP contribution in [-0.2, 0) is 28.4 Å². The van der Waals surface area contributed by atoms with Gasteiger partial charge in [-0.15, -0.1) is 10.2 Å². The minimum absolute atomic E-state index is 0.00466. The average Bonchev–Trinajstić information content (AvgIpc) is 3.82. The maximum atomic E-state index is 13.9. The van der Waals surface area contributed by atoms with Crippen LogP contribution < -0.4 is 19.1 Å². The average molecular weight is 726 g/mol. The van der Waals surface area contributed by atoms with Gasteiger partial charge in [0.15, 0.2) is 15.8 Å². The van der Waals surface area contributed by atoms with Gasteiger partial charge in [-0.2, -0.15) is 0 Å². The normalized spacial score (nSPS) is 17.9. The molecule has 0 bridgehead atoms. The van der Waals surface area contributed by atoms with Crippen molar-refractivity contribution >= 4 is 57.3 Å². The molecule has 0 radical (unpaired) electrons. The first-order valence-corrected chi connectivity index (χ1v) is 18.2. The lowest BCUT2D eigenvalue weighted by Crippen LogP contribution is -2.29. The SMILES string of the molecule is CCOc1cc(C2/C(=C(\O)c3ccc4c(c3)CC(C)O4)C(=O)C(=O)N2c2nnc(SCc3ccccc3Cl)s2)ccc1OCc1ccccc1. The molecule has 50 heavy (non-hydrogen) atoms. The van der Waals surface area contributed by atoms with Crippen molar-refractivity contribution in [3.05, 3.63) is 129 Å². The van der Waals surface area contributed by atoms with Crippen molar-refractivity contribution in [2.75, 3.05) is 11.5 Å². The molecule has 1 amide bonds. The van der Waals surface area contributed by atoms with Gasteiger partial charge >= 0.3 is 5.91 Å². The van der Waals surface area contributed by atoms with Crippen LogP contribution in [0.15, 0.2) is 101 Å². The first-order valence-electron chi connectivity index (χ1n) is 16.0. The summed E-state index contributed by atoms with van der Waals surface area (Å²) >= 11 is 8.97. The van der Waals surface area contributed by atoms with Gasteiger partial charge in [-0.1, -0.05) is 89.3 Å². The Balaban J connectivity index is 1.28. The van der Waals surface area contributed by atoms with E-state index >= 15 is 0 Å². The van der Waals surface area contributed by atoms with E-state index < -0.39 is 17.7 Å². The van der Waals surface area contributed by atoms with Crippen LogP contribution in [0.3, 0.4) is 0 Å². The number of ketones is 1. The highest BCUT2D eigenvalue weighted by Gasteiger charge is 2.48. The lowest BCUT2D eigenvalue weighted by atomic mass is 9.94. The minimum Gasteiger partial charge on any atom is -0.507 e. The largest absolute Gasteiger partial charge is 0.507 e. The van der Waals surface area contributed by atoms with Crippen LogP contribution in [0, 0.1) is 0 Å². The first kappa shape index (κ1) is 33.6. The molecule has 5 aromatic rings. The lowest BCUT2D eigenvalue weighted by Gasteiger charge is -2.24. The molecule has 1 saturated heterocycles. The number of hydrogen-bond donors (Lipinski definition) is 1. The smallest absolute Gasteiger partial charge is 0.301 e. The molecular formula is C38H32ClN3O6S2. The van der Waals surface area contributed by atoms with Crippen molar-refractivity contribution in [1.29, 1.82) is 0 Å². The van der Waals surface area contributed by atoms with Gasteiger partial charge in [-0.3, -0.25) is 14.5 Å². The van der Waals surface area contributed by atoms with Crippen molar-refractivity contribution in [1.82, 2.24) is 10.2 Å². The van der Waals surface area contributed by atoms with Gasteiger partial charge in [0.1, 0.15) is 24.2 Å². The van der Waals surface area contributed by atoms with Crippen LogP contribution in [0.1, 0.15) is 47.7 Å². The number of benzene rings is 4. The predicted molar refractivity (Wildman–Crippen MR) is 194 cm³/mol. The molecule has 1 N–H and O–H groups in total. The number of amides is 1. The molecule has 3 heterocycles. The van der Waals surface area contributed by atoms with E-state index in [-0.39, 0.29) is 22.6 Å². The second-order valence-electron chi connectivity index (χ2n) is 11.8. The molecule has 254 valence electrons. The highest BCUT2D eigenvalue weighted by atomic mass is 35.5. The van der Waals surface area contributed by atoms with E-state index in [2.05, 4.69) is 10.2 Å². The summed E-state index contributed by atoms with van der Waals surface area (Å²) in [6.07, 6.45) is 0.658. The van der Waals surface area contributed by atoms with Crippen molar-refractivity contribution in [2.24, 2.45) is 0 Å². The van der Waals surface area contributed by atoms with Gasteiger partial charge in [-0.05, 0) is 72.5 Å². The van der Waals surface area contributed by atoms with Crippen LogP contribution in [0.5, 0.6) is 17.2 Å². The molecule has 12 heteroatoms. The maximum absolute atomic E-state index is 13.9. The summed E-state index contributed by atoms with van der Waals surface area (Å²) in [5.41, 5.74) is 3.70. The van der Waals surface area contributed by atoms with E-state index in [0.717, 1.165) is 22.4 Å². The van der Waals surface area contributed by atoms with Crippen molar-refractivity contribution in [3.63, 3.8) is 0 Å². The summed E-state index contributed by atoms with van der Waals surface area (Å²) in [5, 5.41) is 21.4. The molecule has 7 rings (SSSR count). The fourth-order valence-electron chi connectivity index (χ4n) is 6.00. The minimum atomic E-state index is -1.03. The number of halogens is 1. The molecule has 9 nitrogen and oxygen atoms in total. The summed E-state index contributed by atoms with van der Waals surface area (Å²) in [6.45, 7) is 4.50. The highest BCUT2D eigenvalue weighted by Crippen LogP contribution is 2.46. The third-order valence-electron chi connectivity index (χ3n) is 8.35. The summed E-state index contributed by atoms with van der Waals surface area (Å²) in [5.74, 6) is 0.255. The number of ether oxygens (including phenoxy) is 3. The number of hydrogen-bond acceptors (Lipinski definition) is 10. The van der Waals surface area contributed by atoms with Gasteiger partial charge in [0.25, 0.3) is 5.78 Å². The molecule has 2 aliphatic rings. The third kappa shape index (κ3) is 6.81. The Kier molecular flexibility index (Phi) is 9.80.